The summed E-state index contributed by atoms with van der Waals surface area (Å²) in [6.07, 6.45) is 2.13. The molecular weight excluding hydrogens is 242 g/mol. The van der Waals surface area contributed by atoms with Gasteiger partial charge in [0, 0.05) is 16.5 Å². The minimum atomic E-state index is -0.117. The first-order valence-electron chi connectivity index (χ1n) is 4.63. The van der Waals surface area contributed by atoms with E-state index in [1.165, 1.54) is 0 Å². The third-order valence-corrected chi connectivity index (χ3v) is 3.47. The molecule has 1 aliphatic rings. The zero-order valence-corrected chi connectivity index (χ0v) is 9.13. The predicted molar refractivity (Wildman–Crippen MR) is 58.9 cm³/mol. The number of rotatable bonds is 1. The van der Waals surface area contributed by atoms with Crippen LogP contribution in [0.15, 0.2) is 22.8 Å². The molecule has 1 saturated carbocycles. The third-order valence-electron chi connectivity index (χ3n) is 2.86. The largest absolute Gasteiger partial charge is 0.321 e. The van der Waals surface area contributed by atoms with Crippen molar-refractivity contribution >= 4 is 26.8 Å². The molecule has 3 nitrogen and oxygen atoms in total. The van der Waals surface area contributed by atoms with Gasteiger partial charge in [-0.1, -0.05) is 18.2 Å². The van der Waals surface area contributed by atoms with Crippen molar-refractivity contribution in [2.45, 2.75) is 18.4 Å². The molecule has 3 rings (SSSR count). The molecule has 0 atom stereocenters. The third kappa shape index (κ3) is 1.04. The van der Waals surface area contributed by atoms with E-state index in [4.69, 9.17) is 5.73 Å². The molecule has 3 N–H and O–H groups in total. The topological polar surface area (TPSA) is 54.7 Å². The number of benzene rings is 1. The van der Waals surface area contributed by atoms with Gasteiger partial charge in [0.15, 0.2) is 0 Å². The Balaban J connectivity index is 2.34. The molecule has 14 heavy (non-hydrogen) atoms. The average molecular weight is 252 g/mol. The molecular formula is C10H10BrN3. The Labute approximate surface area is 89.8 Å². The second-order valence-electron chi connectivity index (χ2n) is 3.90. The predicted octanol–water partition coefficient (Wildman–Crippen LogP) is 2.27. The Bertz CT molecular complexity index is 499. The summed E-state index contributed by atoms with van der Waals surface area (Å²) in [5, 5.41) is 8.31. The van der Waals surface area contributed by atoms with Gasteiger partial charge in [0.25, 0.3) is 0 Å². The van der Waals surface area contributed by atoms with Crippen molar-refractivity contribution in [3.63, 3.8) is 0 Å². The molecule has 0 saturated heterocycles. The van der Waals surface area contributed by atoms with E-state index >= 15 is 0 Å². The lowest BCUT2D eigenvalue weighted by Crippen LogP contribution is -2.18. The number of nitrogens with two attached hydrogens (primary N) is 1. The van der Waals surface area contributed by atoms with Crippen LogP contribution in [0.3, 0.4) is 0 Å². The van der Waals surface area contributed by atoms with Crippen molar-refractivity contribution in [2.75, 3.05) is 0 Å². The molecule has 2 aromatic rings. The van der Waals surface area contributed by atoms with Gasteiger partial charge in [-0.3, -0.25) is 5.10 Å². The second kappa shape index (κ2) is 2.58. The van der Waals surface area contributed by atoms with Crippen molar-refractivity contribution < 1.29 is 0 Å². The van der Waals surface area contributed by atoms with Crippen LogP contribution in [0.1, 0.15) is 18.4 Å². The maximum absolute atomic E-state index is 6.17. The summed E-state index contributed by atoms with van der Waals surface area (Å²) in [6, 6.07) is 6.14. The molecule has 0 bridgehead atoms. The molecule has 1 heterocycles. The lowest BCUT2D eigenvalue weighted by molar-refractivity contribution is 0.745. The van der Waals surface area contributed by atoms with E-state index in [1.54, 1.807) is 0 Å². The van der Waals surface area contributed by atoms with Gasteiger partial charge in [-0.2, -0.15) is 5.10 Å². The van der Waals surface area contributed by atoms with Crippen LogP contribution >= 0.6 is 15.9 Å². The zero-order chi connectivity index (χ0) is 9.76. The van der Waals surface area contributed by atoms with E-state index in [-0.39, 0.29) is 5.54 Å². The Hall–Kier alpha value is -0.870. The molecule has 1 fully saturated rings. The highest BCUT2D eigenvalue weighted by Gasteiger charge is 2.41. The van der Waals surface area contributed by atoms with Gasteiger partial charge in [0.05, 0.1) is 5.52 Å². The summed E-state index contributed by atoms with van der Waals surface area (Å²) < 4.78 is 0.929. The summed E-state index contributed by atoms with van der Waals surface area (Å²) in [7, 11) is 0. The highest BCUT2D eigenvalue weighted by Crippen LogP contribution is 2.45. The van der Waals surface area contributed by atoms with Gasteiger partial charge < -0.3 is 5.73 Å². The molecule has 0 amide bonds. The van der Waals surface area contributed by atoms with Crippen LogP contribution in [-0.2, 0) is 5.54 Å². The number of halogens is 1. The Kier molecular flexibility index (Phi) is 1.56. The fourth-order valence-corrected chi connectivity index (χ4v) is 2.22. The van der Waals surface area contributed by atoms with Crippen LogP contribution in [0.25, 0.3) is 10.9 Å². The SMILES string of the molecule is NC1(c2cccc3c(Br)[nH]nc23)CC1. The average Bonchev–Trinajstić information content (AvgIpc) is 2.83. The maximum Gasteiger partial charge on any atom is 0.108 e. The van der Waals surface area contributed by atoms with Crippen LogP contribution in [0.2, 0.25) is 0 Å². The van der Waals surface area contributed by atoms with E-state index in [2.05, 4.69) is 32.2 Å². The van der Waals surface area contributed by atoms with Crippen molar-refractivity contribution in [1.29, 1.82) is 0 Å². The van der Waals surface area contributed by atoms with Gasteiger partial charge >= 0.3 is 0 Å². The number of aromatic nitrogens is 2. The minimum Gasteiger partial charge on any atom is -0.321 e. The fraction of sp³-hybridized carbons (Fsp3) is 0.300. The van der Waals surface area contributed by atoms with Crippen molar-refractivity contribution in [1.82, 2.24) is 10.2 Å². The van der Waals surface area contributed by atoms with E-state index in [1.807, 2.05) is 12.1 Å². The fourth-order valence-electron chi connectivity index (χ4n) is 1.81. The summed E-state index contributed by atoms with van der Waals surface area (Å²) >= 11 is 3.43. The number of nitrogens with one attached hydrogen (secondary N) is 1. The number of fused-ring (bicyclic) bond motifs is 1. The summed E-state index contributed by atoms with van der Waals surface area (Å²) in [5.74, 6) is 0. The first kappa shape index (κ1) is 8.44. The van der Waals surface area contributed by atoms with Crippen molar-refractivity contribution in [3.05, 3.63) is 28.4 Å². The molecule has 1 aliphatic carbocycles. The number of H-pyrrole nitrogens is 1. The smallest absolute Gasteiger partial charge is 0.108 e. The monoisotopic (exact) mass is 251 g/mol. The Morgan fingerprint density at radius 3 is 2.93 bits per heavy atom. The van der Waals surface area contributed by atoms with E-state index in [9.17, 15) is 0 Å². The number of aromatic amines is 1. The highest BCUT2D eigenvalue weighted by molar-refractivity contribution is 9.10. The molecule has 1 aromatic carbocycles. The molecule has 0 spiro atoms. The van der Waals surface area contributed by atoms with Gasteiger partial charge in [0.2, 0.25) is 0 Å². The van der Waals surface area contributed by atoms with Crippen molar-refractivity contribution in [3.8, 4) is 0 Å². The molecule has 0 radical (unpaired) electrons. The van der Waals surface area contributed by atoms with E-state index in [0.717, 1.165) is 33.9 Å². The quantitative estimate of drug-likeness (QED) is 0.817. The number of para-hydroxylation sites is 1. The first-order valence-corrected chi connectivity index (χ1v) is 5.42. The molecule has 72 valence electrons. The molecule has 0 aliphatic heterocycles. The highest BCUT2D eigenvalue weighted by atomic mass is 79.9. The lowest BCUT2D eigenvalue weighted by atomic mass is 10.0. The normalized spacial score (nSPS) is 18.7. The number of hydrogen-bond donors (Lipinski definition) is 2. The summed E-state index contributed by atoms with van der Waals surface area (Å²) in [5.41, 5.74) is 8.22. The van der Waals surface area contributed by atoms with Gasteiger partial charge in [0.1, 0.15) is 4.60 Å². The van der Waals surface area contributed by atoms with E-state index in [0.29, 0.717) is 0 Å². The number of hydrogen-bond acceptors (Lipinski definition) is 2. The summed E-state index contributed by atoms with van der Waals surface area (Å²) in [4.78, 5) is 0. The van der Waals surface area contributed by atoms with Gasteiger partial charge in [-0.15, -0.1) is 0 Å². The number of nitrogens with zero attached hydrogens (tertiary/aromatic N) is 1. The first-order chi connectivity index (χ1) is 6.71. The van der Waals surface area contributed by atoms with Crippen LogP contribution in [0.5, 0.6) is 0 Å². The minimum absolute atomic E-state index is 0.117. The zero-order valence-electron chi connectivity index (χ0n) is 7.55. The van der Waals surface area contributed by atoms with Crippen LogP contribution in [0.4, 0.5) is 0 Å². The van der Waals surface area contributed by atoms with Crippen LogP contribution in [-0.4, -0.2) is 10.2 Å². The van der Waals surface area contributed by atoms with E-state index < -0.39 is 0 Å². The maximum atomic E-state index is 6.17. The van der Waals surface area contributed by atoms with Crippen molar-refractivity contribution in [2.24, 2.45) is 5.73 Å². The summed E-state index contributed by atoms with van der Waals surface area (Å²) in [6.45, 7) is 0. The standard InChI is InChI=1S/C10H10BrN3/c11-9-6-2-1-3-7(8(6)13-14-9)10(12)4-5-10/h1-3H,4-5,12H2,(H,13,14). The second-order valence-corrected chi connectivity index (χ2v) is 4.69. The van der Waals surface area contributed by atoms with Gasteiger partial charge in [-0.05, 0) is 28.8 Å². The Morgan fingerprint density at radius 2 is 2.21 bits per heavy atom. The van der Waals surface area contributed by atoms with Crippen LogP contribution in [0, 0.1) is 0 Å². The molecule has 1 aromatic heterocycles. The van der Waals surface area contributed by atoms with Crippen LogP contribution < -0.4 is 5.73 Å². The molecule has 0 unspecified atom stereocenters. The Morgan fingerprint density at radius 1 is 1.43 bits per heavy atom. The lowest BCUT2D eigenvalue weighted by Gasteiger charge is -2.08. The molecule has 4 heteroatoms. The van der Waals surface area contributed by atoms with Gasteiger partial charge in [-0.25, -0.2) is 0 Å².